The maximum atomic E-state index is 13.8. The lowest BCUT2D eigenvalue weighted by atomic mass is 9.71. The van der Waals surface area contributed by atoms with Gasteiger partial charge in [-0.15, -0.1) is 0 Å². The first-order valence-electron chi connectivity index (χ1n) is 8.09. The van der Waals surface area contributed by atoms with Gasteiger partial charge in [-0.25, -0.2) is 4.39 Å². The molecule has 2 aliphatic carbocycles. The van der Waals surface area contributed by atoms with E-state index < -0.39 is 0 Å². The van der Waals surface area contributed by atoms with Crippen molar-refractivity contribution in [2.45, 2.75) is 64.3 Å². The molecule has 0 amide bonds. The van der Waals surface area contributed by atoms with Crippen molar-refractivity contribution in [3.63, 3.8) is 0 Å². The van der Waals surface area contributed by atoms with Crippen molar-refractivity contribution in [2.24, 2.45) is 5.41 Å². The van der Waals surface area contributed by atoms with Crippen LogP contribution in [-0.4, -0.2) is 6.04 Å². The third kappa shape index (κ3) is 2.90. The molecule has 21 heavy (non-hydrogen) atoms. The van der Waals surface area contributed by atoms with E-state index in [1.165, 1.54) is 44.6 Å². The molecule has 2 nitrogen and oxygen atoms in total. The summed E-state index contributed by atoms with van der Waals surface area (Å²) >= 11 is 0. The van der Waals surface area contributed by atoms with E-state index in [-0.39, 0.29) is 5.82 Å². The van der Waals surface area contributed by atoms with Crippen LogP contribution in [-0.2, 0) is 0 Å². The first-order chi connectivity index (χ1) is 10.1. The van der Waals surface area contributed by atoms with Crippen molar-refractivity contribution in [2.75, 3.05) is 5.32 Å². The molecule has 0 aliphatic heterocycles. The minimum Gasteiger partial charge on any atom is -0.382 e. The maximum absolute atomic E-state index is 13.8. The van der Waals surface area contributed by atoms with Gasteiger partial charge >= 0.3 is 0 Å². The second-order valence-electron chi connectivity index (χ2n) is 6.87. The molecule has 2 fully saturated rings. The van der Waals surface area contributed by atoms with E-state index in [2.05, 4.69) is 5.32 Å². The van der Waals surface area contributed by atoms with Crippen molar-refractivity contribution in [1.82, 2.24) is 0 Å². The largest absolute Gasteiger partial charge is 0.382 e. The Kier molecular flexibility index (Phi) is 3.89. The van der Waals surface area contributed by atoms with E-state index in [0.717, 1.165) is 18.5 Å². The lowest BCUT2D eigenvalue weighted by molar-refractivity contribution is 0.188. The van der Waals surface area contributed by atoms with Gasteiger partial charge in [0, 0.05) is 17.3 Å². The van der Waals surface area contributed by atoms with Crippen molar-refractivity contribution >= 4 is 5.69 Å². The molecule has 1 aromatic rings. The molecule has 0 saturated heterocycles. The fraction of sp³-hybridized carbons (Fsp3) is 0.611. The van der Waals surface area contributed by atoms with Crippen LogP contribution in [0.5, 0.6) is 0 Å². The van der Waals surface area contributed by atoms with Gasteiger partial charge in [0.05, 0.1) is 11.6 Å². The summed E-state index contributed by atoms with van der Waals surface area (Å²) in [5.74, 6) is -0.292. The molecule has 1 N–H and O–H groups in total. The van der Waals surface area contributed by atoms with Gasteiger partial charge in [0.15, 0.2) is 0 Å². The molecule has 0 bridgehead atoms. The number of hydrogen-bond donors (Lipinski definition) is 1. The number of nitrogens with one attached hydrogen (secondary N) is 1. The monoisotopic (exact) mass is 286 g/mol. The summed E-state index contributed by atoms with van der Waals surface area (Å²) < 4.78 is 13.8. The topological polar surface area (TPSA) is 35.8 Å². The first kappa shape index (κ1) is 14.4. The summed E-state index contributed by atoms with van der Waals surface area (Å²) in [5, 5.41) is 12.5. The van der Waals surface area contributed by atoms with Crippen molar-refractivity contribution in [1.29, 1.82) is 5.26 Å². The lowest BCUT2D eigenvalue weighted by Crippen LogP contribution is -2.32. The van der Waals surface area contributed by atoms with Crippen LogP contribution in [0.15, 0.2) is 12.1 Å². The third-order valence-electron chi connectivity index (χ3n) is 5.54. The molecule has 0 heterocycles. The van der Waals surface area contributed by atoms with Crippen molar-refractivity contribution < 1.29 is 4.39 Å². The Balaban J connectivity index is 1.68. The predicted octanol–water partition coefficient (Wildman–Crippen LogP) is 4.92. The molecule has 0 radical (unpaired) electrons. The Bertz CT molecular complexity index is 557. The van der Waals surface area contributed by atoms with Gasteiger partial charge in [-0.2, -0.15) is 5.26 Å². The summed E-state index contributed by atoms with van der Waals surface area (Å²) in [6.45, 7) is 1.78. The number of halogens is 1. The van der Waals surface area contributed by atoms with E-state index in [1.807, 2.05) is 6.07 Å². The minimum atomic E-state index is -0.292. The fourth-order valence-electron chi connectivity index (χ4n) is 4.11. The van der Waals surface area contributed by atoms with Crippen LogP contribution in [0.3, 0.4) is 0 Å². The third-order valence-corrected chi connectivity index (χ3v) is 5.54. The number of rotatable bonds is 2. The Morgan fingerprint density at radius 2 is 1.86 bits per heavy atom. The molecule has 1 spiro atoms. The van der Waals surface area contributed by atoms with Crippen molar-refractivity contribution in [3.05, 3.63) is 29.1 Å². The quantitative estimate of drug-likeness (QED) is 0.837. The zero-order chi connectivity index (χ0) is 14.9. The molecule has 112 valence electrons. The average molecular weight is 286 g/mol. The minimum absolute atomic E-state index is 0.292. The summed E-state index contributed by atoms with van der Waals surface area (Å²) in [6, 6.07) is 5.54. The van der Waals surface area contributed by atoms with Gasteiger partial charge in [-0.1, -0.05) is 12.8 Å². The zero-order valence-corrected chi connectivity index (χ0v) is 12.7. The van der Waals surface area contributed by atoms with Crippen LogP contribution >= 0.6 is 0 Å². The second-order valence-corrected chi connectivity index (χ2v) is 6.87. The molecule has 0 aromatic heterocycles. The molecule has 3 rings (SSSR count). The van der Waals surface area contributed by atoms with Gasteiger partial charge in [0.1, 0.15) is 5.82 Å². The number of nitriles is 1. The van der Waals surface area contributed by atoms with Crippen LogP contribution in [0.1, 0.15) is 62.5 Å². The number of nitrogens with zero attached hydrogens (tertiary/aromatic N) is 1. The van der Waals surface area contributed by atoms with Crippen molar-refractivity contribution in [3.8, 4) is 6.07 Å². The summed E-state index contributed by atoms with van der Waals surface area (Å²) in [7, 11) is 0. The standard InChI is InChI=1S/C18H23FN2/c1-13-16(19)10-14(12-20)11-17(13)21-15-4-8-18(9-5-15)6-2-3-7-18/h10-11,15,21H,2-9H2,1H3. The predicted molar refractivity (Wildman–Crippen MR) is 82.6 cm³/mol. The number of anilines is 1. The highest BCUT2D eigenvalue weighted by molar-refractivity contribution is 5.56. The Labute approximate surface area is 126 Å². The van der Waals surface area contributed by atoms with Crippen LogP contribution in [0.4, 0.5) is 10.1 Å². The van der Waals surface area contributed by atoms with Crippen LogP contribution in [0.25, 0.3) is 0 Å². The van der Waals surface area contributed by atoms with E-state index in [0.29, 0.717) is 22.6 Å². The number of hydrogen-bond acceptors (Lipinski definition) is 2. The Morgan fingerprint density at radius 3 is 2.48 bits per heavy atom. The highest BCUT2D eigenvalue weighted by Gasteiger charge is 2.37. The van der Waals surface area contributed by atoms with Gasteiger partial charge in [-0.3, -0.25) is 0 Å². The first-order valence-corrected chi connectivity index (χ1v) is 8.09. The highest BCUT2D eigenvalue weighted by atomic mass is 19.1. The molecule has 2 saturated carbocycles. The van der Waals surface area contributed by atoms with Crippen LogP contribution < -0.4 is 5.32 Å². The van der Waals surface area contributed by atoms with Gasteiger partial charge in [-0.05, 0) is 63.0 Å². The summed E-state index contributed by atoms with van der Waals surface area (Å²) in [5.41, 5.74) is 2.42. The zero-order valence-electron chi connectivity index (χ0n) is 12.7. The molecule has 3 heteroatoms. The maximum Gasteiger partial charge on any atom is 0.129 e. The van der Waals surface area contributed by atoms with E-state index in [9.17, 15) is 4.39 Å². The normalized spacial score (nSPS) is 21.4. The molecule has 0 atom stereocenters. The molecule has 2 aliphatic rings. The Hall–Kier alpha value is -1.56. The Morgan fingerprint density at radius 1 is 1.19 bits per heavy atom. The van der Waals surface area contributed by atoms with E-state index >= 15 is 0 Å². The average Bonchev–Trinajstić information content (AvgIpc) is 2.94. The SMILES string of the molecule is Cc1c(F)cc(C#N)cc1NC1CCC2(CCCC2)CC1. The van der Waals surface area contributed by atoms with E-state index in [4.69, 9.17) is 5.26 Å². The summed E-state index contributed by atoms with van der Waals surface area (Å²) in [4.78, 5) is 0. The molecular formula is C18H23FN2. The second kappa shape index (κ2) is 5.67. The molecule has 0 unspecified atom stereocenters. The molecule has 1 aromatic carbocycles. The summed E-state index contributed by atoms with van der Waals surface area (Å²) in [6.07, 6.45) is 10.5. The van der Waals surface area contributed by atoms with E-state index in [1.54, 1.807) is 13.0 Å². The van der Waals surface area contributed by atoms with Crippen LogP contribution in [0.2, 0.25) is 0 Å². The molecular weight excluding hydrogens is 263 g/mol. The van der Waals surface area contributed by atoms with Gasteiger partial charge < -0.3 is 5.32 Å². The number of benzene rings is 1. The van der Waals surface area contributed by atoms with Gasteiger partial charge in [0.2, 0.25) is 0 Å². The van der Waals surface area contributed by atoms with Gasteiger partial charge in [0.25, 0.3) is 0 Å². The lowest BCUT2D eigenvalue weighted by Gasteiger charge is -2.38. The fourth-order valence-corrected chi connectivity index (χ4v) is 4.11. The highest BCUT2D eigenvalue weighted by Crippen LogP contribution is 2.49. The van der Waals surface area contributed by atoms with Crippen LogP contribution in [0, 0.1) is 29.5 Å². The smallest absolute Gasteiger partial charge is 0.129 e.